The molecule has 2 rings (SSSR count). The van der Waals surface area contributed by atoms with E-state index in [0.717, 1.165) is 29.1 Å². The summed E-state index contributed by atoms with van der Waals surface area (Å²) in [7, 11) is 0. The van der Waals surface area contributed by atoms with Gasteiger partial charge in [0, 0.05) is 23.7 Å². The van der Waals surface area contributed by atoms with Gasteiger partial charge in [-0.1, -0.05) is 0 Å². The van der Waals surface area contributed by atoms with E-state index >= 15 is 0 Å². The summed E-state index contributed by atoms with van der Waals surface area (Å²) in [4.78, 5) is 19.2. The number of rotatable bonds is 6. The molecule has 0 saturated carbocycles. The second-order valence-electron chi connectivity index (χ2n) is 4.31. The average Bonchev–Trinajstić information content (AvgIpc) is 3.02. The average molecular weight is 278 g/mol. The lowest BCUT2D eigenvalue weighted by atomic mass is 10.2. The van der Waals surface area contributed by atoms with Crippen LogP contribution >= 0.6 is 11.3 Å². The molecule has 0 radical (unpaired) electrons. The van der Waals surface area contributed by atoms with Gasteiger partial charge in [-0.15, -0.1) is 11.3 Å². The lowest BCUT2D eigenvalue weighted by Gasteiger charge is -2.02. The zero-order chi connectivity index (χ0) is 13.7. The summed E-state index contributed by atoms with van der Waals surface area (Å²) in [5.74, 6) is -0.0878. The van der Waals surface area contributed by atoms with E-state index in [1.807, 2.05) is 24.6 Å². The minimum absolute atomic E-state index is 0.0878. The number of nitrogens with one attached hydrogen (secondary N) is 2. The van der Waals surface area contributed by atoms with Crippen LogP contribution in [0.5, 0.6) is 0 Å². The number of H-pyrrole nitrogens is 1. The normalized spacial score (nSPS) is 10.6. The highest BCUT2D eigenvalue weighted by Gasteiger charge is 2.10. The highest BCUT2D eigenvalue weighted by atomic mass is 32.1. The predicted octanol–water partition coefficient (Wildman–Crippen LogP) is 1.92. The first kappa shape index (κ1) is 13.8. The van der Waals surface area contributed by atoms with Crippen molar-refractivity contribution in [2.24, 2.45) is 5.73 Å². The van der Waals surface area contributed by atoms with Gasteiger partial charge < -0.3 is 16.0 Å². The van der Waals surface area contributed by atoms with Crippen LogP contribution in [0, 0.1) is 6.92 Å². The first-order valence-corrected chi connectivity index (χ1v) is 7.18. The lowest BCUT2D eigenvalue weighted by molar-refractivity contribution is 0.0948. The topological polar surface area (TPSA) is 83.8 Å². The standard InChI is InChI=1S/C13H18N4OS/c1-9-17-12(8-19-9)10-6-11(16-7-10)13(18)15-5-3-2-4-14/h6-8,16H,2-5,14H2,1H3,(H,15,18). The first-order valence-electron chi connectivity index (χ1n) is 6.30. The maximum atomic E-state index is 11.9. The number of nitrogens with two attached hydrogens (primary N) is 1. The van der Waals surface area contributed by atoms with Gasteiger partial charge in [0.25, 0.3) is 5.91 Å². The van der Waals surface area contributed by atoms with Gasteiger partial charge in [0.05, 0.1) is 10.7 Å². The molecule has 0 atom stereocenters. The highest BCUT2D eigenvalue weighted by molar-refractivity contribution is 7.09. The van der Waals surface area contributed by atoms with Crippen LogP contribution in [0.2, 0.25) is 0 Å². The van der Waals surface area contributed by atoms with Crippen molar-refractivity contribution in [1.29, 1.82) is 0 Å². The Morgan fingerprint density at radius 2 is 2.37 bits per heavy atom. The van der Waals surface area contributed by atoms with Crippen molar-refractivity contribution < 1.29 is 4.79 Å². The number of amides is 1. The van der Waals surface area contributed by atoms with E-state index in [0.29, 0.717) is 18.8 Å². The van der Waals surface area contributed by atoms with Gasteiger partial charge in [-0.25, -0.2) is 4.98 Å². The van der Waals surface area contributed by atoms with E-state index < -0.39 is 0 Å². The molecule has 2 aromatic heterocycles. The largest absolute Gasteiger partial charge is 0.357 e. The van der Waals surface area contributed by atoms with Crippen molar-refractivity contribution in [3.8, 4) is 11.3 Å². The van der Waals surface area contributed by atoms with E-state index in [-0.39, 0.29) is 5.91 Å². The Bertz CT molecular complexity index is 546. The van der Waals surface area contributed by atoms with Gasteiger partial charge in [-0.3, -0.25) is 4.79 Å². The Hall–Kier alpha value is -1.66. The van der Waals surface area contributed by atoms with Gasteiger partial charge >= 0.3 is 0 Å². The summed E-state index contributed by atoms with van der Waals surface area (Å²) in [6, 6.07) is 1.83. The Morgan fingerprint density at radius 1 is 1.53 bits per heavy atom. The third-order valence-corrected chi connectivity index (χ3v) is 3.53. The van der Waals surface area contributed by atoms with Gasteiger partial charge in [-0.05, 0) is 32.4 Å². The maximum absolute atomic E-state index is 11.9. The van der Waals surface area contributed by atoms with Crippen LogP contribution in [-0.4, -0.2) is 29.0 Å². The van der Waals surface area contributed by atoms with Crippen LogP contribution in [0.25, 0.3) is 11.3 Å². The quantitative estimate of drug-likeness (QED) is 0.706. The third-order valence-electron chi connectivity index (χ3n) is 2.76. The second kappa shape index (κ2) is 6.49. The van der Waals surface area contributed by atoms with Gasteiger partial charge in [0.2, 0.25) is 0 Å². The number of nitrogens with zero attached hydrogens (tertiary/aromatic N) is 1. The zero-order valence-corrected chi connectivity index (χ0v) is 11.7. The van der Waals surface area contributed by atoms with E-state index in [4.69, 9.17) is 5.73 Å². The van der Waals surface area contributed by atoms with Crippen molar-refractivity contribution >= 4 is 17.2 Å². The molecular formula is C13H18N4OS. The van der Waals surface area contributed by atoms with Crippen molar-refractivity contribution in [1.82, 2.24) is 15.3 Å². The number of thiazole rings is 1. The zero-order valence-electron chi connectivity index (χ0n) is 10.9. The van der Waals surface area contributed by atoms with E-state index in [2.05, 4.69) is 15.3 Å². The van der Waals surface area contributed by atoms with Crippen LogP contribution in [0.1, 0.15) is 28.3 Å². The Labute approximate surface area is 116 Å². The molecule has 0 fully saturated rings. The molecular weight excluding hydrogens is 260 g/mol. The van der Waals surface area contributed by atoms with Crippen molar-refractivity contribution in [3.63, 3.8) is 0 Å². The molecule has 0 aliphatic rings. The van der Waals surface area contributed by atoms with E-state index in [1.54, 1.807) is 11.3 Å². The highest BCUT2D eigenvalue weighted by Crippen LogP contribution is 2.22. The molecule has 0 aliphatic carbocycles. The fraction of sp³-hybridized carbons (Fsp3) is 0.385. The molecule has 6 heteroatoms. The Kier molecular flexibility index (Phi) is 4.70. The fourth-order valence-corrected chi connectivity index (χ4v) is 2.36. The number of hydrogen-bond acceptors (Lipinski definition) is 4. The summed E-state index contributed by atoms with van der Waals surface area (Å²) in [6.45, 7) is 3.28. The molecule has 0 bridgehead atoms. The fourth-order valence-electron chi connectivity index (χ4n) is 1.74. The van der Waals surface area contributed by atoms with E-state index in [1.165, 1.54) is 0 Å². The lowest BCUT2D eigenvalue weighted by Crippen LogP contribution is -2.25. The van der Waals surface area contributed by atoms with Crippen LogP contribution in [0.3, 0.4) is 0 Å². The molecule has 0 saturated heterocycles. The molecule has 0 unspecified atom stereocenters. The summed E-state index contributed by atoms with van der Waals surface area (Å²) in [5, 5.41) is 5.87. The first-order chi connectivity index (χ1) is 9.20. The molecule has 2 heterocycles. The number of unbranched alkanes of at least 4 members (excludes halogenated alkanes) is 1. The molecule has 4 N–H and O–H groups in total. The minimum Gasteiger partial charge on any atom is -0.357 e. The molecule has 2 aromatic rings. The van der Waals surface area contributed by atoms with Gasteiger partial charge in [0.15, 0.2) is 0 Å². The number of aromatic amines is 1. The maximum Gasteiger partial charge on any atom is 0.267 e. The minimum atomic E-state index is -0.0878. The second-order valence-corrected chi connectivity index (χ2v) is 5.37. The SMILES string of the molecule is Cc1nc(-c2c[nH]c(C(=O)NCCCCN)c2)cs1. The van der Waals surface area contributed by atoms with E-state index in [9.17, 15) is 4.79 Å². The monoisotopic (exact) mass is 278 g/mol. The summed E-state index contributed by atoms with van der Waals surface area (Å²) < 4.78 is 0. The number of carbonyl (C=O) groups is 1. The van der Waals surface area contributed by atoms with Gasteiger partial charge in [0.1, 0.15) is 5.69 Å². The van der Waals surface area contributed by atoms with Crippen LogP contribution in [0.15, 0.2) is 17.6 Å². The summed E-state index contributed by atoms with van der Waals surface area (Å²) in [6.07, 6.45) is 3.64. The molecule has 0 aromatic carbocycles. The van der Waals surface area contributed by atoms with Crippen LogP contribution in [0.4, 0.5) is 0 Å². The summed E-state index contributed by atoms with van der Waals surface area (Å²) >= 11 is 1.60. The smallest absolute Gasteiger partial charge is 0.267 e. The molecule has 1 amide bonds. The molecule has 0 aliphatic heterocycles. The molecule has 0 spiro atoms. The molecule has 19 heavy (non-hydrogen) atoms. The molecule has 5 nitrogen and oxygen atoms in total. The third kappa shape index (κ3) is 3.65. The van der Waals surface area contributed by atoms with Gasteiger partial charge in [-0.2, -0.15) is 0 Å². The molecule has 102 valence electrons. The van der Waals surface area contributed by atoms with Crippen molar-refractivity contribution in [2.75, 3.05) is 13.1 Å². The summed E-state index contributed by atoms with van der Waals surface area (Å²) in [5.41, 5.74) is 7.81. The Morgan fingerprint density at radius 3 is 3.05 bits per heavy atom. The van der Waals surface area contributed by atoms with Crippen LogP contribution in [-0.2, 0) is 0 Å². The van der Waals surface area contributed by atoms with Crippen molar-refractivity contribution in [2.45, 2.75) is 19.8 Å². The van der Waals surface area contributed by atoms with Crippen LogP contribution < -0.4 is 11.1 Å². The number of aromatic nitrogens is 2. The number of aryl methyl sites for hydroxylation is 1. The number of hydrogen-bond donors (Lipinski definition) is 3. The Balaban J connectivity index is 1.95. The predicted molar refractivity (Wildman–Crippen MR) is 77.3 cm³/mol. The number of carbonyl (C=O) groups excluding carboxylic acids is 1. The van der Waals surface area contributed by atoms with Crippen molar-refractivity contribution in [3.05, 3.63) is 28.3 Å².